The lowest BCUT2D eigenvalue weighted by Crippen LogP contribution is -2.17. The van der Waals surface area contributed by atoms with Crippen molar-refractivity contribution in [2.75, 3.05) is 0 Å². The number of halogens is 2. The van der Waals surface area contributed by atoms with Crippen LogP contribution < -0.4 is 0 Å². The highest BCUT2D eigenvalue weighted by Gasteiger charge is 2.39. The summed E-state index contributed by atoms with van der Waals surface area (Å²) in [6.45, 7) is 2.03. The van der Waals surface area contributed by atoms with Gasteiger partial charge in [-0.2, -0.15) is 24.4 Å². The number of rotatable bonds is 4. The van der Waals surface area contributed by atoms with Crippen LogP contribution in [0.15, 0.2) is 36.5 Å². The zero-order valence-electron chi connectivity index (χ0n) is 14.1. The number of hydrogen-bond acceptors (Lipinski definition) is 6. The first kappa shape index (κ1) is 16.7. The second-order valence-corrected chi connectivity index (χ2v) is 5.91. The maximum Gasteiger partial charge on any atom is 0.335 e. The number of tetrazole rings is 1. The summed E-state index contributed by atoms with van der Waals surface area (Å²) < 4.78 is 30.9. The molecule has 3 aromatic heterocycles. The molecule has 0 amide bonds. The Morgan fingerprint density at radius 2 is 2.15 bits per heavy atom. The van der Waals surface area contributed by atoms with E-state index in [4.69, 9.17) is 0 Å². The number of aromatic nitrogens is 7. The number of H-pyrrole nitrogens is 1. The van der Waals surface area contributed by atoms with Gasteiger partial charge in [0.1, 0.15) is 11.8 Å². The summed E-state index contributed by atoms with van der Waals surface area (Å²) >= 11 is 0. The Morgan fingerprint density at radius 1 is 1.30 bits per heavy atom. The fourth-order valence-electron chi connectivity index (χ4n) is 2.91. The van der Waals surface area contributed by atoms with Crippen LogP contribution in [0.2, 0.25) is 0 Å². The Bertz CT molecular complexity index is 1160. The highest BCUT2D eigenvalue weighted by Crippen LogP contribution is 2.35. The van der Waals surface area contributed by atoms with Gasteiger partial charge in [-0.1, -0.05) is 18.2 Å². The number of aromatic amines is 1. The summed E-state index contributed by atoms with van der Waals surface area (Å²) in [4.78, 5) is 4.02. The average Bonchev–Trinajstić information content (AvgIpc) is 3.32. The van der Waals surface area contributed by atoms with E-state index >= 15 is 0 Å². The Morgan fingerprint density at radius 3 is 2.89 bits per heavy atom. The van der Waals surface area contributed by atoms with Crippen LogP contribution >= 0.6 is 0 Å². The molecular weight excluding hydrogens is 354 g/mol. The molecule has 0 bridgehead atoms. The zero-order valence-corrected chi connectivity index (χ0v) is 14.1. The molecule has 0 aliphatic carbocycles. The van der Waals surface area contributed by atoms with E-state index < -0.39 is 11.7 Å². The van der Waals surface area contributed by atoms with Crippen molar-refractivity contribution in [3.05, 3.63) is 64.9 Å². The summed E-state index contributed by atoms with van der Waals surface area (Å²) in [7, 11) is 0. The van der Waals surface area contributed by atoms with Gasteiger partial charge in [0, 0.05) is 22.7 Å². The van der Waals surface area contributed by atoms with Gasteiger partial charge in [0.05, 0.1) is 17.8 Å². The van der Waals surface area contributed by atoms with Crippen molar-refractivity contribution in [1.29, 1.82) is 5.26 Å². The standard InChI is InChI=1S/C17H12F2N8/c1-10-13-5-4-12(17(18,19)16-22-25-26-23-16)7-15(13)27(24-10)9-11-3-2-6-21-14(11)8-20/h2-7H,9H2,1H3,(H,22,23,25,26). The molecule has 0 aliphatic heterocycles. The second kappa shape index (κ2) is 6.21. The van der Waals surface area contributed by atoms with Crippen molar-refractivity contribution in [2.24, 2.45) is 0 Å². The molecule has 0 atom stereocenters. The highest BCUT2D eigenvalue weighted by atomic mass is 19.3. The van der Waals surface area contributed by atoms with Gasteiger partial charge in [0.25, 0.3) is 0 Å². The zero-order chi connectivity index (χ0) is 19.0. The van der Waals surface area contributed by atoms with E-state index in [0.717, 1.165) is 5.39 Å². The van der Waals surface area contributed by atoms with Crippen LogP contribution in [-0.2, 0) is 12.5 Å². The quantitative estimate of drug-likeness (QED) is 0.594. The van der Waals surface area contributed by atoms with Crippen LogP contribution in [0.5, 0.6) is 0 Å². The van der Waals surface area contributed by atoms with Crippen LogP contribution in [0.3, 0.4) is 0 Å². The molecule has 3 heterocycles. The molecule has 10 heteroatoms. The van der Waals surface area contributed by atoms with Gasteiger partial charge in [0.15, 0.2) is 0 Å². The normalized spacial score (nSPS) is 11.6. The predicted molar refractivity (Wildman–Crippen MR) is 89.7 cm³/mol. The number of pyridine rings is 1. The number of nitrogens with one attached hydrogen (secondary N) is 1. The molecule has 27 heavy (non-hydrogen) atoms. The van der Waals surface area contributed by atoms with Gasteiger partial charge in [-0.15, -0.1) is 10.2 Å². The van der Waals surface area contributed by atoms with Crippen molar-refractivity contribution in [1.82, 2.24) is 35.4 Å². The van der Waals surface area contributed by atoms with Crippen molar-refractivity contribution >= 4 is 10.9 Å². The molecule has 1 N–H and O–H groups in total. The molecule has 0 unspecified atom stereocenters. The summed E-state index contributed by atoms with van der Waals surface area (Å²) in [6, 6.07) is 9.76. The van der Waals surface area contributed by atoms with Crippen molar-refractivity contribution in [2.45, 2.75) is 19.4 Å². The number of nitriles is 1. The molecule has 134 valence electrons. The number of aryl methyl sites for hydroxylation is 1. The molecule has 0 spiro atoms. The van der Waals surface area contributed by atoms with E-state index in [9.17, 15) is 14.0 Å². The molecular formula is C17H12F2N8. The van der Waals surface area contributed by atoms with Gasteiger partial charge in [-0.3, -0.25) is 4.68 Å². The van der Waals surface area contributed by atoms with Gasteiger partial charge >= 0.3 is 5.92 Å². The molecule has 0 fully saturated rings. The molecule has 0 saturated carbocycles. The maximum absolute atomic E-state index is 14.7. The largest absolute Gasteiger partial charge is 0.335 e. The van der Waals surface area contributed by atoms with Gasteiger partial charge in [-0.25, -0.2) is 4.98 Å². The van der Waals surface area contributed by atoms with Gasteiger partial charge < -0.3 is 0 Å². The first-order chi connectivity index (χ1) is 13.0. The van der Waals surface area contributed by atoms with Crippen molar-refractivity contribution < 1.29 is 8.78 Å². The van der Waals surface area contributed by atoms with Gasteiger partial charge in [-0.05, 0) is 24.3 Å². The van der Waals surface area contributed by atoms with Crippen molar-refractivity contribution in [3.8, 4) is 6.07 Å². The first-order valence-corrected chi connectivity index (χ1v) is 7.94. The molecule has 4 aromatic rings. The minimum Gasteiger partial charge on any atom is -0.260 e. The Kier molecular flexibility index (Phi) is 3.84. The minimum atomic E-state index is -3.41. The number of benzene rings is 1. The average molecular weight is 366 g/mol. The van der Waals surface area contributed by atoms with Crippen LogP contribution in [0.4, 0.5) is 8.78 Å². The monoisotopic (exact) mass is 366 g/mol. The molecule has 0 radical (unpaired) electrons. The summed E-state index contributed by atoms with van der Waals surface area (Å²) in [5, 5.41) is 26.4. The molecule has 1 aromatic carbocycles. The first-order valence-electron chi connectivity index (χ1n) is 7.94. The predicted octanol–water partition coefficient (Wildman–Crippen LogP) is 2.31. The number of alkyl halides is 2. The fourth-order valence-corrected chi connectivity index (χ4v) is 2.91. The van der Waals surface area contributed by atoms with E-state index in [1.54, 1.807) is 29.8 Å². The van der Waals surface area contributed by atoms with Crippen LogP contribution in [0, 0.1) is 18.3 Å². The maximum atomic E-state index is 14.7. The Labute approximate surface area is 151 Å². The second-order valence-electron chi connectivity index (χ2n) is 5.91. The van der Waals surface area contributed by atoms with E-state index in [-0.39, 0.29) is 17.8 Å². The smallest absolute Gasteiger partial charge is 0.260 e. The third kappa shape index (κ3) is 2.79. The topological polar surface area (TPSA) is 109 Å². The van der Waals surface area contributed by atoms with E-state index in [2.05, 4.69) is 30.7 Å². The number of hydrogen-bond donors (Lipinski definition) is 1. The van der Waals surface area contributed by atoms with E-state index in [1.807, 2.05) is 6.07 Å². The van der Waals surface area contributed by atoms with Crippen LogP contribution in [0.25, 0.3) is 10.9 Å². The highest BCUT2D eigenvalue weighted by molar-refractivity contribution is 5.82. The number of nitrogens with zero attached hydrogens (tertiary/aromatic N) is 7. The van der Waals surface area contributed by atoms with E-state index in [1.165, 1.54) is 18.3 Å². The minimum absolute atomic E-state index is 0.234. The third-order valence-corrected chi connectivity index (χ3v) is 4.24. The van der Waals surface area contributed by atoms with Gasteiger partial charge in [0.2, 0.25) is 5.82 Å². The third-order valence-electron chi connectivity index (χ3n) is 4.24. The lowest BCUT2D eigenvalue weighted by molar-refractivity contribution is 0.0330. The summed E-state index contributed by atoms with van der Waals surface area (Å²) in [5.74, 6) is -4.11. The van der Waals surface area contributed by atoms with Crippen molar-refractivity contribution in [3.63, 3.8) is 0 Å². The molecule has 8 nitrogen and oxygen atoms in total. The SMILES string of the molecule is Cc1nn(Cc2cccnc2C#N)c2cc(C(F)(F)c3nn[nH]n3)ccc12. The lowest BCUT2D eigenvalue weighted by atomic mass is 10.1. The molecule has 0 saturated heterocycles. The molecule has 0 aliphatic rings. The summed E-state index contributed by atoms with van der Waals surface area (Å²) in [5.41, 5.74) is 1.86. The van der Waals surface area contributed by atoms with E-state index in [0.29, 0.717) is 16.8 Å². The fraction of sp³-hybridized carbons (Fsp3) is 0.176. The van der Waals surface area contributed by atoms with Crippen LogP contribution in [-0.4, -0.2) is 35.4 Å². The Hall–Kier alpha value is -3.74. The molecule has 4 rings (SSSR count). The Balaban J connectivity index is 1.82. The summed E-state index contributed by atoms with van der Waals surface area (Å²) in [6.07, 6.45) is 1.53. The lowest BCUT2D eigenvalue weighted by Gasteiger charge is -2.13. The van der Waals surface area contributed by atoms with Crippen LogP contribution in [0.1, 0.15) is 28.3 Å². The number of fused-ring (bicyclic) bond motifs is 1.